The molecule has 5 heteroatoms. The number of rotatable bonds is 1. The van der Waals surface area contributed by atoms with Crippen molar-refractivity contribution in [2.24, 2.45) is 11.0 Å². The molecule has 1 unspecified atom stereocenters. The molecule has 0 aliphatic carbocycles. The molecule has 1 heterocycles. The fourth-order valence-electron chi connectivity index (χ4n) is 0.919. The molecule has 12 heavy (non-hydrogen) atoms. The summed E-state index contributed by atoms with van der Waals surface area (Å²) in [5, 5.41) is 12.2. The van der Waals surface area contributed by atoms with Gasteiger partial charge in [0.05, 0.1) is 0 Å². The van der Waals surface area contributed by atoms with Crippen molar-refractivity contribution in [3.05, 3.63) is 5.43 Å². The van der Waals surface area contributed by atoms with Crippen LogP contribution < -0.4 is 0 Å². The van der Waals surface area contributed by atoms with Crippen molar-refractivity contribution in [1.82, 2.24) is 0 Å². The summed E-state index contributed by atoms with van der Waals surface area (Å²) in [5.74, 6) is -1.06. The molecule has 0 aromatic carbocycles. The monoisotopic (exact) mass is 244 g/mol. The number of hydrogen-bond donors (Lipinski definition) is 1. The fourth-order valence-corrected chi connectivity index (χ4v) is 0.919. The van der Waals surface area contributed by atoms with Crippen molar-refractivity contribution in [3.63, 3.8) is 0 Å². The summed E-state index contributed by atoms with van der Waals surface area (Å²) in [7, 11) is 0. The first-order valence-corrected chi connectivity index (χ1v) is 3.48. The molecular formula is C7H11N2O2Y-. The van der Waals surface area contributed by atoms with Gasteiger partial charge < -0.3 is 15.6 Å². The third-order valence-corrected chi connectivity index (χ3v) is 2.10. The maximum absolute atomic E-state index is 10.5. The van der Waals surface area contributed by atoms with E-state index in [2.05, 4.69) is 10.5 Å². The van der Waals surface area contributed by atoms with Gasteiger partial charge in [-0.15, -0.1) is 0 Å². The molecule has 1 radical (unpaired) electrons. The van der Waals surface area contributed by atoms with Crippen LogP contribution in [-0.2, 0) is 37.5 Å². The molecule has 1 rings (SSSR count). The van der Waals surface area contributed by atoms with Crippen LogP contribution in [-0.4, -0.2) is 22.3 Å². The van der Waals surface area contributed by atoms with E-state index in [4.69, 9.17) is 5.11 Å². The van der Waals surface area contributed by atoms with Crippen molar-refractivity contribution in [3.8, 4) is 0 Å². The third-order valence-electron chi connectivity index (χ3n) is 2.10. The molecule has 0 aromatic heterocycles. The number of aliphatic carboxylic acids is 1. The summed E-state index contributed by atoms with van der Waals surface area (Å²) in [5.41, 5.74) is 3.67. The Balaban J connectivity index is 0.00000121. The molecule has 0 saturated carbocycles. The number of carboxylic acids is 1. The number of carbonyl (C=O) groups is 1. The molecular weight excluding hydrogens is 233 g/mol. The molecule has 1 aliphatic heterocycles. The van der Waals surface area contributed by atoms with E-state index in [0.717, 1.165) is 0 Å². The van der Waals surface area contributed by atoms with Crippen molar-refractivity contribution < 1.29 is 42.6 Å². The van der Waals surface area contributed by atoms with E-state index in [1.807, 2.05) is 20.8 Å². The van der Waals surface area contributed by atoms with Gasteiger partial charge in [-0.3, -0.25) is 0 Å². The topological polar surface area (TPSA) is 63.8 Å². The SMILES string of the molecule is CC1C(C(=O)O)=N[N-]C1(C)C.[Y]. The Kier molecular flexibility index (Phi) is 3.85. The molecule has 1 N–H and O–H groups in total. The molecule has 0 amide bonds. The molecule has 4 nitrogen and oxygen atoms in total. The Morgan fingerprint density at radius 2 is 2.17 bits per heavy atom. The Bertz CT molecular complexity index is 225. The summed E-state index contributed by atoms with van der Waals surface area (Å²) < 4.78 is 0. The summed E-state index contributed by atoms with van der Waals surface area (Å²) in [6.07, 6.45) is 0. The van der Waals surface area contributed by atoms with Crippen LogP contribution in [0.15, 0.2) is 5.10 Å². The zero-order valence-electron chi connectivity index (χ0n) is 7.40. The van der Waals surface area contributed by atoms with Gasteiger partial charge in [-0.25, -0.2) is 4.79 Å². The summed E-state index contributed by atoms with van der Waals surface area (Å²) in [4.78, 5) is 10.5. The number of carboxylic acid groups (broad SMARTS) is 1. The van der Waals surface area contributed by atoms with Gasteiger partial charge in [0.25, 0.3) is 0 Å². The average molecular weight is 244 g/mol. The van der Waals surface area contributed by atoms with E-state index < -0.39 is 5.97 Å². The van der Waals surface area contributed by atoms with Crippen molar-refractivity contribution >= 4 is 11.7 Å². The first kappa shape index (κ1) is 12.0. The maximum Gasteiger partial charge on any atom is 0.348 e. The van der Waals surface area contributed by atoms with Gasteiger partial charge in [0, 0.05) is 32.7 Å². The molecule has 65 valence electrons. The predicted molar refractivity (Wildman–Crippen MR) is 41.7 cm³/mol. The second kappa shape index (κ2) is 3.84. The zero-order valence-corrected chi connectivity index (χ0v) is 10.2. The van der Waals surface area contributed by atoms with Crippen molar-refractivity contribution in [1.29, 1.82) is 0 Å². The van der Waals surface area contributed by atoms with E-state index in [0.29, 0.717) is 0 Å². The second-order valence-electron chi connectivity index (χ2n) is 3.27. The summed E-state index contributed by atoms with van der Waals surface area (Å²) in [6, 6.07) is 0. The van der Waals surface area contributed by atoms with E-state index in [-0.39, 0.29) is 49.9 Å². The normalized spacial score (nSPS) is 25.2. The quantitative estimate of drug-likeness (QED) is 0.753. The van der Waals surface area contributed by atoms with Gasteiger partial charge in [0.1, 0.15) is 5.71 Å². The Labute approximate surface area is 96.7 Å². The molecule has 0 saturated heterocycles. The molecule has 1 atom stereocenters. The van der Waals surface area contributed by atoms with Crippen LogP contribution >= 0.6 is 0 Å². The van der Waals surface area contributed by atoms with Gasteiger partial charge in [0.15, 0.2) is 0 Å². The van der Waals surface area contributed by atoms with Crippen molar-refractivity contribution in [2.75, 3.05) is 0 Å². The zero-order chi connectivity index (χ0) is 8.65. The van der Waals surface area contributed by atoms with Gasteiger partial charge in [-0.05, 0) is 5.92 Å². The van der Waals surface area contributed by atoms with Crippen LogP contribution in [0, 0.1) is 5.92 Å². The second-order valence-corrected chi connectivity index (χ2v) is 3.27. The fraction of sp³-hybridized carbons (Fsp3) is 0.714. The minimum absolute atomic E-state index is 0. The minimum Gasteiger partial charge on any atom is -0.596 e. The van der Waals surface area contributed by atoms with E-state index in [1.54, 1.807) is 0 Å². The Hall–Kier alpha value is 0.0439. The van der Waals surface area contributed by atoms with Crippen LogP contribution in [0.2, 0.25) is 0 Å². The first-order valence-electron chi connectivity index (χ1n) is 3.48. The van der Waals surface area contributed by atoms with Gasteiger partial charge >= 0.3 is 5.97 Å². The largest absolute Gasteiger partial charge is 0.596 e. The molecule has 0 fully saturated rings. The number of hydrogen-bond acceptors (Lipinski definition) is 2. The average Bonchev–Trinajstić information content (AvgIpc) is 2.09. The molecule has 0 aromatic rings. The smallest absolute Gasteiger partial charge is 0.348 e. The van der Waals surface area contributed by atoms with Crippen LogP contribution in [0.25, 0.3) is 5.43 Å². The van der Waals surface area contributed by atoms with E-state index in [9.17, 15) is 4.79 Å². The van der Waals surface area contributed by atoms with Crippen LogP contribution in [0.5, 0.6) is 0 Å². The standard InChI is InChI=1S/C7H11N2O2.Y/c1-4-5(6(10)11)8-9-7(4,2)3;/h4H,1-3H3,(H,10,11);/q-1;. The minimum atomic E-state index is -0.966. The van der Waals surface area contributed by atoms with Crippen LogP contribution in [0.3, 0.4) is 0 Å². The van der Waals surface area contributed by atoms with Gasteiger partial charge in [0.2, 0.25) is 0 Å². The van der Waals surface area contributed by atoms with Crippen molar-refractivity contribution in [2.45, 2.75) is 26.3 Å². The van der Waals surface area contributed by atoms with Gasteiger partial charge in [-0.1, -0.05) is 26.3 Å². The molecule has 1 aliphatic rings. The van der Waals surface area contributed by atoms with E-state index in [1.165, 1.54) is 0 Å². The molecule has 0 bridgehead atoms. The van der Waals surface area contributed by atoms with Crippen LogP contribution in [0.1, 0.15) is 20.8 Å². The number of nitrogens with zero attached hydrogens (tertiary/aromatic N) is 2. The Morgan fingerprint density at radius 3 is 2.33 bits per heavy atom. The summed E-state index contributed by atoms with van der Waals surface area (Å²) in [6.45, 7) is 5.57. The predicted octanol–water partition coefficient (Wildman–Crippen LogP) is 1.23. The third kappa shape index (κ3) is 2.04. The summed E-state index contributed by atoms with van der Waals surface area (Å²) >= 11 is 0. The van der Waals surface area contributed by atoms with E-state index >= 15 is 0 Å². The first-order chi connectivity index (χ1) is 4.95. The maximum atomic E-state index is 10.5. The van der Waals surface area contributed by atoms with Gasteiger partial charge in [-0.2, -0.15) is 0 Å². The van der Waals surface area contributed by atoms with Crippen LogP contribution in [0.4, 0.5) is 0 Å². The Morgan fingerprint density at radius 1 is 1.67 bits per heavy atom. The molecule has 0 spiro atoms.